The average molecular weight is 292 g/mol. The number of hydrogen-bond acceptors (Lipinski definition) is 2. The van der Waals surface area contributed by atoms with E-state index in [0.29, 0.717) is 17.8 Å². The number of aromatic nitrogens is 1. The highest BCUT2D eigenvalue weighted by Crippen LogP contribution is 2.16. The molecule has 1 N–H and O–H groups in total. The standard InChI is InChI=1S/C16H18F2N2O/c1-10(2)19-8-12-9-20(11(3)6-16(12)21)15-5-4-13(17)7-14(15)18/h4-7,9-10,19H,8H2,1-3H3. The van der Waals surface area contributed by atoms with Crippen molar-refractivity contribution in [2.45, 2.75) is 33.4 Å². The van der Waals surface area contributed by atoms with Crippen LogP contribution in [0.2, 0.25) is 0 Å². The first-order valence-electron chi connectivity index (χ1n) is 6.79. The number of hydrogen-bond donors (Lipinski definition) is 1. The third-order valence-corrected chi connectivity index (χ3v) is 3.19. The van der Waals surface area contributed by atoms with Crippen molar-refractivity contribution in [3.8, 4) is 5.69 Å². The minimum absolute atomic E-state index is 0.0978. The van der Waals surface area contributed by atoms with Crippen molar-refractivity contribution in [2.24, 2.45) is 0 Å². The van der Waals surface area contributed by atoms with Gasteiger partial charge in [0.2, 0.25) is 0 Å². The number of benzene rings is 1. The molecule has 0 aliphatic rings. The molecule has 1 heterocycles. The van der Waals surface area contributed by atoms with Crippen LogP contribution in [0.15, 0.2) is 35.3 Å². The fourth-order valence-electron chi connectivity index (χ4n) is 2.06. The van der Waals surface area contributed by atoms with Gasteiger partial charge in [0, 0.05) is 42.2 Å². The van der Waals surface area contributed by atoms with Crippen molar-refractivity contribution < 1.29 is 8.78 Å². The molecule has 1 aromatic heterocycles. The van der Waals surface area contributed by atoms with Gasteiger partial charge in [-0.3, -0.25) is 4.79 Å². The normalized spacial score (nSPS) is 11.1. The van der Waals surface area contributed by atoms with E-state index in [1.54, 1.807) is 17.7 Å². The average Bonchev–Trinajstić information content (AvgIpc) is 2.38. The molecule has 0 bridgehead atoms. The van der Waals surface area contributed by atoms with Gasteiger partial charge >= 0.3 is 0 Å². The van der Waals surface area contributed by atoms with Crippen molar-refractivity contribution >= 4 is 0 Å². The Labute approximate surface area is 122 Å². The Kier molecular flexibility index (Phi) is 4.53. The maximum atomic E-state index is 13.9. The van der Waals surface area contributed by atoms with E-state index in [0.717, 1.165) is 6.07 Å². The van der Waals surface area contributed by atoms with Crippen LogP contribution < -0.4 is 10.7 Å². The third-order valence-electron chi connectivity index (χ3n) is 3.19. The highest BCUT2D eigenvalue weighted by molar-refractivity contribution is 5.37. The third kappa shape index (κ3) is 3.55. The Morgan fingerprint density at radius 2 is 1.95 bits per heavy atom. The smallest absolute Gasteiger partial charge is 0.186 e. The van der Waals surface area contributed by atoms with Gasteiger partial charge in [0.25, 0.3) is 0 Å². The Morgan fingerprint density at radius 1 is 1.24 bits per heavy atom. The number of pyridine rings is 1. The summed E-state index contributed by atoms with van der Waals surface area (Å²) in [5.74, 6) is -1.29. The van der Waals surface area contributed by atoms with Crippen LogP contribution in [0.4, 0.5) is 8.78 Å². The minimum atomic E-state index is -0.662. The number of nitrogens with zero attached hydrogens (tertiary/aromatic N) is 1. The van der Waals surface area contributed by atoms with Crippen LogP contribution in [0, 0.1) is 18.6 Å². The summed E-state index contributed by atoms with van der Waals surface area (Å²) in [5, 5.41) is 3.16. The van der Waals surface area contributed by atoms with E-state index in [4.69, 9.17) is 0 Å². The molecule has 5 heteroatoms. The van der Waals surface area contributed by atoms with E-state index < -0.39 is 11.6 Å². The van der Waals surface area contributed by atoms with Crippen LogP contribution in [0.1, 0.15) is 25.1 Å². The Balaban J connectivity index is 2.48. The second-order valence-electron chi connectivity index (χ2n) is 5.31. The molecule has 0 aliphatic heterocycles. The molecular weight excluding hydrogens is 274 g/mol. The van der Waals surface area contributed by atoms with E-state index in [1.165, 1.54) is 18.2 Å². The fraction of sp³-hybridized carbons (Fsp3) is 0.312. The van der Waals surface area contributed by atoms with Gasteiger partial charge in [-0.1, -0.05) is 13.8 Å². The van der Waals surface area contributed by atoms with Crippen molar-refractivity contribution in [3.05, 3.63) is 63.6 Å². The molecule has 0 amide bonds. The number of aryl methyl sites for hydroxylation is 1. The van der Waals surface area contributed by atoms with Crippen LogP contribution >= 0.6 is 0 Å². The summed E-state index contributed by atoms with van der Waals surface area (Å²) in [5.41, 5.74) is 1.26. The quantitative estimate of drug-likeness (QED) is 0.940. The summed E-state index contributed by atoms with van der Waals surface area (Å²) in [4.78, 5) is 12.0. The molecular formula is C16H18F2N2O. The minimum Gasteiger partial charge on any atom is -0.318 e. The zero-order valence-electron chi connectivity index (χ0n) is 12.3. The van der Waals surface area contributed by atoms with Crippen molar-refractivity contribution in [3.63, 3.8) is 0 Å². The molecule has 0 saturated carbocycles. The molecule has 21 heavy (non-hydrogen) atoms. The molecule has 0 radical (unpaired) electrons. The van der Waals surface area contributed by atoms with Crippen molar-refractivity contribution in [1.29, 1.82) is 0 Å². The predicted octanol–water partition coefficient (Wildman–Crippen LogP) is 2.92. The van der Waals surface area contributed by atoms with Crippen LogP contribution in [0.25, 0.3) is 5.69 Å². The van der Waals surface area contributed by atoms with Gasteiger partial charge < -0.3 is 9.88 Å². The van der Waals surface area contributed by atoms with Crippen LogP contribution in [-0.2, 0) is 6.54 Å². The van der Waals surface area contributed by atoms with Gasteiger partial charge in [0.1, 0.15) is 11.6 Å². The molecule has 0 atom stereocenters. The van der Waals surface area contributed by atoms with Gasteiger partial charge in [-0.05, 0) is 19.1 Å². The maximum Gasteiger partial charge on any atom is 0.186 e. The van der Waals surface area contributed by atoms with Gasteiger partial charge in [-0.25, -0.2) is 8.78 Å². The number of rotatable bonds is 4. The summed E-state index contributed by atoms with van der Waals surface area (Å²) in [6, 6.07) is 5.09. The van der Waals surface area contributed by atoms with Gasteiger partial charge in [-0.2, -0.15) is 0 Å². The molecule has 0 saturated heterocycles. The van der Waals surface area contributed by atoms with E-state index >= 15 is 0 Å². The van der Waals surface area contributed by atoms with Crippen LogP contribution in [0.5, 0.6) is 0 Å². The van der Waals surface area contributed by atoms with Crippen molar-refractivity contribution in [2.75, 3.05) is 0 Å². The highest BCUT2D eigenvalue weighted by atomic mass is 19.1. The largest absolute Gasteiger partial charge is 0.318 e. The summed E-state index contributed by atoms with van der Waals surface area (Å²) < 4.78 is 28.5. The Morgan fingerprint density at radius 3 is 2.57 bits per heavy atom. The van der Waals surface area contributed by atoms with E-state index in [9.17, 15) is 13.6 Å². The highest BCUT2D eigenvalue weighted by Gasteiger charge is 2.10. The van der Waals surface area contributed by atoms with Crippen molar-refractivity contribution in [1.82, 2.24) is 9.88 Å². The Hall–Kier alpha value is -2.01. The SMILES string of the molecule is Cc1cc(=O)c(CNC(C)C)cn1-c1ccc(F)cc1F. The Bertz CT molecular complexity index is 708. The summed E-state index contributed by atoms with van der Waals surface area (Å²) >= 11 is 0. The summed E-state index contributed by atoms with van der Waals surface area (Å²) in [6.45, 7) is 6.07. The first-order valence-corrected chi connectivity index (χ1v) is 6.79. The lowest BCUT2D eigenvalue weighted by molar-refractivity contribution is 0.573. The lowest BCUT2D eigenvalue weighted by atomic mass is 10.2. The van der Waals surface area contributed by atoms with Crippen LogP contribution in [0.3, 0.4) is 0 Å². The lowest BCUT2D eigenvalue weighted by Gasteiger charge is -2.14. The van der Waals surface area contributed by atoms with E-state index in [2.05, 4.69) is 5.32 Å². The molecule has 2 aromatic rings. The summed E-state index contributed by atoms with van der Waals surface area (Å²) in [7, 11) is 0. The number of nitrogens with one attached hydrogen (secondary N) is 1. The molecule has 112 valence electrons. The molecule has 0 aliphatic carbocycles. The molecule has 2 rings (SSSR count). The summed E-state index contributed by atoms with van der Waals surface area (Å²) in [6.07, 6.45) is 1.60. The fourth-order valence-corrected chi connectivity index (χ4v) is 2.06. The zero-order valence-corrected chi connectivity index (χ0v) is 12.3. The topological polar surface area (TPSA) is 34.0 Å². The lowest BCUT2D eigenvalue weighted by Crippen LogP contribution is -2.26. The first kappa shape index (κ1) is 15.4. The van der Waals surface area contributed by atoms with Crippen LogP contribution in [-0.4, -0.2) is 10.6 Å². The van der Waals surface area contributed by atoms with E-state index in [-0.39, 0.29) is 17.2 Å². The molecule has 0 spiro atoms. The van der Waals surface area contributed by atoms with Gasteiger partial charge in [0.15, 0.2) is 5.43 Å². The van der Waals surface area contributed by atoms with E-state index in [1.807, 2.05) is 13.8 Å². The molecule has 0 fully saturated rings. The first-order chi connectivity index (χ1) is 9.88. The molecule has 3 nitrogen and oxygen atoms in total. The second kappa shape index (κ2) is 6.18. The monoisotopic (exact) mass is 292 g/mol. The number of halogens is 2. The molecule has 1 aromatic carbocycles. The maximum absolute atomic E-state index is 13.9. The zero-order chi connectivity index (χ0) is 15.6. The predicted molar refractivity (Wildman–Crippen MR) is 78.7 cm³/mol. The molecule has 0 unspecified atom stereocenters. The second-order valence-corrected chi connectivity index (χ2v) is 5.31. The van der Waals surface area contributed by atoms with Gasteiger partial charge in [-0.15, -0.1) is 0 Å². The van der Waals surface area contributed by atoms with Gasteiger partial charge in [0.05, 0.1) is 5.69 Å².